The molecule has 0 aromatic carbocycles. The standard InChI is InChI=1S/C26H50O7.C23H46O6.C21H42O4.C3H6O3/c1-4-5-6-7-8-9-10-11-12-13-14-15-16-17-18-19-26(28)31-21-25(33-22-29-3)20-30-23-32-24(2)27;1-2-3-4-5-6-7-8-9-10-11-12-13-14-15-16-17-23(26)28-19-22(29-21-25)18-27-20-24;1-2-3-4-5-6-7-8-9-10-11-12-13-14-15-16-17-21(24)25-19-20(23)18-22;1-5-3(4)6-2/h25H,4-23H2,1-3H3;22,24-25H,2-21H2,1H3;20,22-23H,2-19H2,1H3;1-2H3. The van der Waals surface area contributed by atoms with Gasteiger partial charge in [-0.1, -0.05) is 290 Å². The molecule has 3 unspecified atom stereocenters. The van der Waals surface area contributed by atoms with Crippen LogP contribution in [0.5, 0.6) is 0 Å². The highest BCUT2D eigenvalue weighted by Gasteiger charge is 2.15. The molecule has 20 nitrogen and oxygen atoms in total. The van der Waals surface area contributed by atoms with Gasteiger partial charge in [-0.15, -0.1) is 0 Å². The van der Waals surface area contributed by atoms with Crippen molar-refractivity contribution in [3.05, 3.63) is 0 Å². The molecule has 0 amide bonds. The van der Waals surface area contributed by atoms with Crippen LogP contribution in [0, 0.1) is 0 Å². The molecule has 0 aliphatic rings. The number of ether oxygens (including phenoxy) is 11. The van der Waals surface area contributed by atoms with Crippen LogP contribution in [0.1, 0.15) is 336 Å². The summed E-state index contributed by atoms with van der Waals surface area (Å²) in [5.74, 6) is -1.17. The van der Waals surface area contributed by atoms with E-state index in [9.17, 15) is 24.0 Å². The number of carbonyl (C=O) groups is 5. The zero-order valence-electron chi connectivity index (χ0n) is 60.6. The van der Waals surface area contributed by atoms with E-state index in [0.717, 1.165) is 38.5 Å². The van der Waals surface area contributed by atoms with Gasteiger partial charge in [0.05, 0.1) is 34.0 Å². The third-order valence-electron chi connectivity index (χ3n) is 15.6. The summed E-state index contributed by atoms with van der Waals surface area (Å²) in [5.41, 5.74) is 0. The van der Waals surface area contributed by atoms with E-state index in [4.69, 9.17) is 63.1 Å². The second kappa shape index (κ2) is 84.9. The van der Waals surface area contributed by atoms with E-state index in [2.05, 4.69) is 30.2 Å². The van der Waals surface area contributed by atoms with Crippen LogP contribution in [0.4, 0.5) is 4.79 Å². The van der Waals surface area contributed by atoms with Crippen LogP contribution in [0.3, 0.4) is 0 Å². The Morgan fingerprint density at radius 3 is 0.849 bits per heavy atom. The highest BCUT2D eigenvalue weighted by Crippen LogP contribution is 2.18. The Kier molecular flexibility index (Phi) is 87.8. The molecule has 0 aliphatic heterocycles. The summed E-state index contributed by atoms with van der Waals surface area (Å²) in [6.07, 6.45) is 57.0. The summed E-state index contributed by atoms with van der Waals surface area (Å²) in [5, 5.41) is 35.1. The quantitative estimate of drug-likeness (QED) is 0.0191. The van der Waals surface area contributed by atoms with Crippen molar-refractivity contribution in [1.82, 2.24) is 0 Å². The van der Waals surface area contributed by atoms with E-state index in [-0.39, 0.29) is 71.1 Å². The van der Waals surface area contributed by atoms with E-state index >= 15 is 0 Å². The van der Waals surface area contributed by atoms with Crippen LogP contribution in [0.15, 0.2) is 0 Å². The molecular weight excluding hydrogens is 1200 g/mol. The van der Waals surface area contributed by atoms with Gasteiger partial charge in [-0.2, -0.15) is 0 Å². The van der Waals surface area contributed by atoms with Crippen molar-refractivity contribution in [2.45, 2.75) is 354 Å². The molecule has 0 saturated carbocycles. The van der Waals surface area contributed by atoms with Gasteiger partial charge in [-0.3, -0.25) is 19.2 Å². The number of aliphatic hydroxyl groups excluding tert-OH is 4. The number of esters is 4. The number of rotatable bonds is 67. The molecule has 0 saturated heterocycles. The summed E-state index contributed by atoms with van der Waals surface area (Å²) in [6, 6.07) is 0. The van der Waals surface area contributed by atoms with Crippen LogP contribution in [0.2, 0.25) is 0 Å². The largest absolute Gasteiger partial charge is 0.507 e. The van der Waals surface area contributed by atoms with E-state index in [1.54, 1.807) is 0 Å². The Bertz CT molecular complexity index is 1500. The summed E-state index contributed by atoms with van der Waals surface area (Å²) in [6.45, 7) is 6.96. The highest BCUT2D eigenvalue weighted by atomic mass is 16.7. The Morgan fingerprint density at radius 2 is 0.602 bits per heavy atom. The normalized spacial score (nSPS) is 11.8. The average molecular weight is 1340 g/mol. The van der Waals surface area contributed by atoms with E-state index in [0.29, 0.717) is 19.3 Å². The molecule has 556 valence electrons. The predicted octanol–water partition coefficient (Wildman–Crippen LogP) is 17.0. The van der Waals surface area contributed by atoms with Crippen molar-refractivity contribution < 1.29 is 96.5 Å². The minimum absolute atomic E-state index is 0.0259. The van der Waals surface area contributed by atoms with Crippen LogP contribution in [-0.2, 0) is 71.3 Å². The third-order valence-corrected chi connectivity index (χ3v) is 15.6. The second-order valence-corrected chi connectivity index (χ2v) is 24.4. The zero-order chi connectivity index (χ0) is 69.4. The van der Waals surface area contributed by atoms with Gasteiger partial charge < -0.3 is 72.5 Å². The lowest BCUT2D eigenvalue weighted by Gasteiger charge is -2.17. The molecule has 20 heteroatoms. The molecule has 0 aliphatic carbocycles. The van der Waals surface area contributed by atoms with Gasteiger partial charge in [0.1, 0.15) is 58.5 Å². The Hall–Kier alpha value is -3.21. The maximum absolute atomic E-state index is 12.0. The van der Waals surface area contributed by atoms with Gasteiger partial charge >= 0.3 is 30.0 Å². The van der Waals surface area contributed by atoms with Crippen molar-refractivity contribution in [3.8, 4) is 0 Å². The second-order valence-electron chi connectivity index (χ2n) is 24.4. The third kappa shape index (κ3) is 88.8. The molecular formula is C73H144O20. The van der Waals surface area contributed by atoms with Crippen LogP contribution >= 0.6 is 0 Å². The summed E-state index contributed by atoms with van der Waals surface area (Å²) in [4.78, 5) is 55.5. The van der Waals surface area contributed by atoms with Gasteiger partial charge in [0, 0.05) is 33.3 Å². The molecule has 0 aromatic rings. The summed E-state index contributed by atoms with van der Waals surface area (Å²) >= 11 is 0. The van der Waals surface area contributed by atoms with E-state index < -0.39 is 44.0 Å². The Morgan fingerprint density at radius 1 is 0.323 bits per heavy atom. The average Bonchev–Trinajstić information content (AvgIpc) is 3.76. The lowest BCUT2D eigenvalue weighted by atomic mass is 10.0. The molecule has 0 heterocycles. The first-order valence-corrected chi connectivity index (χ1v) is 37.0. The molecule has 0 radical (unpaired) electrons. The smallest absolute Gasteiger partial charge is 0.463 e. The minimum atomic E-state index is -0.954. The fourth-order valence-corrected chi connectivity index (χ4v) is 9.88. The Labute approximate surface area is 566 Å². The van der Waals surface area contributed by atoms with Crippen molar-refractivity contribution in [1.29, 1.82) is 0 Å². The summed E-state index contributed by atoms with van der Waals surface area (Å²) < 4.78 is 53.3. The minimum Gasteiger partial charge on any atom is -0.463 e. The zero-order valence-corrected chi connectivity index (χ0v) is 60.6. The van der Waals surface area contributed by atoms with Crippen molar-refractivity contribution >= 4 is 30.0 Å². The SMILES string of the molecule is CCCCCCCCCCCCCCCCCC(=O)OCC(COCO)OCO.CCCCCCCCCCCCCCCCCC(=O)OCC(COCOC(C)=O)OCOC.CCCCCCCCCCCCCCCCCC(=O)OCC(O)CO.COC(=O)OC. The predicted molar refractivity (Wildman–Crippen MR) is 368 cm³/mol. The van der Waals surface area contributed by atoms with E-state index in [1.165, 1.54) is 279 Å². The van der Waals surface area contributed by atoms with Crippen LogP contribution in [0.25, 0.3) is 0 Å². The molecule has 0 rings (SSSR count). The first-order chi connectivity index (χ1) is 45.3. The Balaban J connectivity index is -0.000000615. The number of hydrogen-bond donors (Lipinski definition) is 4. The van der Waals surface area contributed by atoms with Crippen molar-refractivity contribution in [3.63, 3.8) is 0 Å². The van der Waals surface area contributed by atoms with Gasteiger partial charge in [-0.25, -0.2) is 4.79 Å². The summed E-state index contributed by atoms with van der Waals surface area (Å²) in [7, 11) is 4.02. The van der Waals surface area contributed by atoms with Crippen molar-refractivity contribution in [2.24, 2.45) is 0 Å². The first-order valence-electron chi connectivity index (χ1n) is 37.0. The van der Waals surface area contributed by atoms with Gasteiger partial charge in [-0.05, 0) is 19.3 Å². The molecule has 0 spiro atoms. The van der Waals surface area contributed by atoms with Crippen molar-refractivity contribution in [2.75, 3.05) is 88.1 Å². The molecule has 0 bridgehead atoms. The first kappa shape index (κ1) is 96.2. The van der Waals surface area contributed by atoms with Crippen LogP contribution in [-0.4, -0.2) is 157 Å². The number of unbranched alkanes of at least 4 members (excludes halogenated alkanes) is 42. The molecule has 4 N–H and O–H groups in total. The number of aliphatic hydroxyl groups is 4. The molecule has 0 aromatic heterocycles. The fraction of sp³-hybridized carbons (Fsp3) is 0.932. The number of hydrogen-bond acceptors (Lipinski definition) is 20. The molecule has 0 fully saturated rings. The molecule has 3 atom stereocenters. The lowest BCUT2D eigenvalue weighted by molar-refractivity contribution is -0.168. The maximum atomic E-state index is 12.0. The number of carbonyl (C=O) groups excluding carboxylic acids is 5. The van der Waals surface area contributed by atoms with E-state index in [1.807, 2.05) is 0 Å². The highest BCUT2D eigenvalue weighted by molar-refractivity contribution is 5.70. The van der Waals surface area contributed by atoms with Gasteiger partial charge in [0.15, 0.2) is 6.79 Å². The lowest BCUT2D eigenvalue weighted by Crippen LogP contribution is -2.28. The maximum Gasteiger partial charge on any atom is 0.507 e. The van der Waals surface area contributed by atoms with Crippen LogP contribution < -0.4 is 0 Å². The van der Waals surface area contributed by atoms with Gasteiger partial charge in [0.25, 0.3) is 0 Å². The van der Waals surface area contributed by atoms with Gasteiger partial charge in [0.2, 0.25) is 0 Å². The monoisotopic (exact) mass is 1340 g/mol. The molecule has 93 heavy (non-hydrogen) atoms. The number of methoxy groups -OCH3 is 3. The topological polar surface area (TPSA) is 268 Å². The fourth-order valence-electron chi connectivity index (χ4n) is 9.88.